The lowest BCUT2D eigenvalue weighted by atomic mass is 10.1. The Balaban J connectivity index is 1.88. The first kappa shape index (κ1) is 16.6. The second-order valence-electron chi connectivity index (χ2n) is 5.79. The molecular weight excluding hydrogens is 307 g/mol. The molecule has 1 aliphatic heterocycles. The van der Waals surface area contributed by atoms with E-state index < -0.39 is 0 Å². The smallest absolute Gasteiger partial charge is 0.226 e. The van der Waals surface area contributed by atoms with Gasteiger partial charge in [-0.3, -0.25) is 9.69 Å². The van der Waals surface area contributed by atoms with Crippen molar-refractivity contribution in [2.24, 2.45) is 0 Å². The van der Waals surface area contributed by atoms with Crippen molar-refractivity contribution in [3.8, 4) is 0 Å². The Labute approximate surface area is 136 Å². The van der Waals surface area contributed by atoms with Gasteiger partial charge in [-0.1, -0.05) is 29.3 Å². The van der Waals surface area contributed by atoms with E-state index >= 15 is 0 Å². The van der Waals surface area contributed by atoms with E-state index in [1.807, 2.05) is 18.0 Å². The van der Waals surface area contributed by atoms with Crippen LogP contribution in [0.2, 0.25) is 10.0 Å². The Bertz CT molecular complexity index is 501. The molecule has 21 heavy (non-hydrogen) atoms. The molecule has 0 spiro atoms. The molecule has 0 aliphatic carbocycles. The molecule has 5 heteroatoms. The van der Waals surface area contributed by atoms with Crippen LogP contribution in [0.3, 0.4) is 0 Å². The number of benzene rings is 1. The molecule has 0 aromatic heterocycles. The average Bonchev–Trinajstić information content (AvgIpc) is 2.97. The number of amides is 1. The minimum absolute atomic E-state index is 0.111. The second kappa shape index (κ2) is 7.48. The Morgan fingerprint density at radius 2 is 1.95 bits per heavy atom. The molecule has 1 aromatic carbocycles. The minimum Gasteiger partial charge on any atom is -0.344 e. The van der Waals surface area contributed by atoms with E-state index in [0.717, 1.165) is 25.2 Å². The van der Waals surface area contributed by atoms with E-state index in [4.69, 9.17) is 23.2 Å². The maximum Gasteiger partial charge on any atom is 0.226 e. The summed E-state index contributed by atoms with van der Waals surface area (Å²) >= 11 is 11.9. The fraction of sp³-hybridized carbons (Fsp3) is 0.562. The molecule has 1 aromatic rings. The van der Waals surface area contributed by atoms with Crippen molar-refractivity contribution in [1.82, 2.24) is 9.80 Å². The van der Waals surface area contributed by atoms with E-state index in [9.17, 15) is 4.79 Å². The molecule has 3 nitrogen and oxygen atoms in total. The van der Waals surface area contributed by atoms with Crippen LogP contribution in [0, 0.1) is 0 Å². The van der Waals surface area contributed by atoms with Crippen LogP contribution in [-0.4, -0.2) is 48.4 Å². The van der Waals surface area contributed by atoms with Gasteiger partial charge < -0.3 is 4.90 Å². The Kier molecular flexibility index (Phi) is 5.91. The van der Waals surface area contributed by atoms with Crippen molar-refractivity contribution in [3.05, 3.63) is 33.8 Å². The highest BCUT2D eigenvalue weighted by Crippen LogP contribution is 2.23. The zero-order chi connectivity index (χ0) is 15.4. The largest absolute Gasteiger partial charge is 0.344 e. The van der Waals surface area contributed by atoms with Gasteiger partial charge in [-0.15, -0.1) is 0 Å². The van der Waals surface area contributed by atoms with Crippen LogP contribution in [0.4, 0.5) is 0 Å². The summed E-state index contributed by atoms with van der Waals surface area (Å²) in [5.41, 5.74) is 0.898. The quantitative estimate of drug-likeness (QED) is 0.826. The van der Waals surface area contributed by atoms with Crippen molar-refractivity contribution >= 4 is 29.1 Å². The molecular formula is C16H22Cl2N2O. The van der Waals surface area contributed by atoms with Crippen LogP contribution in [0.15, 0.2) is 18.2 Å². The van der Waals surface area contributed by atoms with Gasteiger partial charge in [-0.2, -0.15) is 0 Å². The van der Waals surface area contributed by atoms with Gasteiger partial charge in [0.05, 0.1) is 16.5 Å². The van der Waals surface area contributed by atoms with Crippen LogP contribution in [0.1, 0.15) is 25.3 Å². The molecule has 1 heterocycles. The fourth-order valence-corrected chi connectivity index (χ4v) is 3.08. The van der Waals surface area contributed by atoms with Crippen LogP contribution >= 0.6 is 23.2 Å². The SMILES string of the molecule is C[C@H](CN(C)C(=O)Cc1ccc(Cl)c(Cl)c1)N1CCCC1. The first-order valence-corrected chi connectivity index (χ1v) is 8.15. The van der Waals surface area contributed by atoms with Gasteiger partial charge in [0, 0.05) is 19.6 Å². The maximum atomic E-state index is 12.3. The molecule has 1 atom stereocenters. The first-order chi connectivity index (χ1) is 9.97. The summed E-state index contributed by atoms with van der Waals surface area (Å²) in [7, 11) is 1.87. The van der Waals surface area contributed by atoms with Gasteiger partial charge in [0.1, 0.15) is 0 Å². The predicted octanol–water partition coefficient (Wildman–Crippen LogP) is 3.48. The zero-order valence-electron chi connectivity index (χ0n) is 12.6. The molecule has 1 fully saturated rings. The molecule has 1 amide bonds. The van der Waals surface area contributed by atoms with Gasteiger partial charge in [0.2, 0.25) is 5.91 Å². The highest BCUT2D eigenvalue weighted by atomic mass is 35.5. The summed E-state index contributed by atoms with van der Waals surface area (Å²) in [6.45, 7) is 5.25. The second-order valence-corrected chi connectivity index (χ2v) is 6.61. The van der Waals surface area contributed by atoms with Crippen LogP contribution in [0.25, 0.3) is 0 Å². The molecule has 1 saturated heterocycles. The normalized spacial score (nSPS) is 17.0. The lowest BCUT2D eigenvalue weighted by Crippen LogP contribution is -2.42. The number of likely N-dealkylation sites (tertiary alicyclic amines) is 1. The van der Waals surface area contributed by atoms with Gasteiger partial charge >= 0.3 is 0 Å². The number of hydrogen-bond acceptors (Lipinski definition) is 2. The van der Waals surface area contributed by atoms with Crippen molar-refractivity contribution in [2.45, 2.75) is 32.2 Å². The van der Waals surface area contributed by atoms with Gasteiger partial charge in [-0.05, 0) is 50.6 Å². The van der Waals surface area contributed by atoms with E-state index in [1.54, 1.807) is 12.1 Å². The fourth-order valence-electron chi connectivity index (χ4n) is 2.76. The lowest BCUT2D eigenvalue weighted by Gasteiger charge is -2.28. The van der Waals surface area contributed by atoms with E-state index in [1.165, 1.54) is 12.8 Å². The maximum absolute atomic E-state index is 12.3. The monoisotopic (exact) mass is 328 g/mol. The molecule has 0 N–H and O–H groups in total. The third kappa shape index (κ3) is 4.60. The lowest BCUT2D eigenvalue weighted by molar-refractivity contribution is -0.129. The third-order valence-electron chi connectivity index (χ3n) is 4.07. The average molecular weight is 329 g/mol. The first-order valence-electron chi connectivity index (χ1n) is 7.39. The molecule has 2 rings (SSSR count). The van der Waals surface area contributed by atoms with E-state index in [2.05, 4.69) is 11.8 Å². The summed E-state index contributed by atoms with van der Waals surface area (Å²) < 4.78 is 0. The summed E-state index contributed by atoms with van der Waals surface area (Å²) in [6.07, 6.45) is 2.90. The van der Waals surface area contributed by atoms with Gasteiger partial charge in [0.25, 0.3) is 0 Å². The van der Waals surface area contributed by atoms with E-state index in [0.29, 0.717) is 22.5 Å². The number of rotatable bonds is 5. The molecule has 0 unspecified atom stereocenters. The topological polar surface area (TPSA) is 23.6 Å². The van der Waals surface area contributed by atoms with Crippen molar-refractivity contribution in [1.29, 1.82) is 0 Å². The van der Waals surface area contributed by atoms with Crippen LogP contribution < -0.4 is 0 Å². The number of nitrogens with zero attached hydrogens (tertiary/aromatic N) is 2. The number of hydrogen-bond donors (Lipinski definition) is 0. The summed E-state index contributed by atoms with van der Waals surface area (Å²) in [5, 5.41) is 1.01. The molecule has 0 bridgehead atoms. The highest BCUT2D eigenvalue weighted by Gasteiger charge is 2.21. The Hall–Kier alpha value is -0.770. The summed E-state index contributed by atoms with van der Waals surface area (Å²) in [5.74, 6) is 0.111. The van der Waals surface area contributed by atoms with Gasteiger partial charge in [0.15, 0.2) is 0 Å². The summed E-state index contributed by atoms with van der Waals surface area (Å²) in [4.78, 5) is 16.5. The highest BCUT2D eigenvalue weighted by molar-refractivity contribution is 6.42. The molecule has 0 radical (unpaired) electrons. The van der Waals surface area contributed by atoms with Crippen molar-refractivity contribution < 1.29 is 4.79 Å². The van der Waals surface area contributed by atoms with Crippen LogP contribution in [-0.2, 0) is 11.2 Å². The zero-order valence-corrected chi connectivity index (χ0v) is 14.1. The minimum atomic E-state index is 0.111. The summed E-state index contributed by atoms with van der Waals surface area (Å²) in [6, 6.07) is 5.76. The Morgan fingerprint density at radius 3 is 2.57 bits per heavy atom. The number of halogens is 2. The third-order valence-corrected chi connectivity index (χ3v) is 4.81. The molecule has 1 aliphatic rings. The number of carbonyl (C=O) groups is 1. The van der Waals surface area contributed by atoms with Crippen LogP contribution in [0.5, 0.6) is 0 Å². The standard InChI is InChI=1S/C16H22Cl2N2O/c1-12(20-7-3-4-8-20)11-19(2)16(21)10-13-5-6-14(17)15(18)9-13/h5-6,9,12H,3-4,7-8,10-11H2,1-2H3/t12-/m1/s1. The number of carbonyl (C=O) groups excluding carboxylic acids is 1. The van der Waals surface area contributed by atoms with E-state index in [-0.39, 0.29) is 5.91 Å². The molecule has 0 saturated carbocycles. The Morgan fingerprint density at radius 1 is 1.29 bits per heavy atom. The van der Waals surface area contributed by atoms with Crippen molar-refractivity contribution in [3.63, 3.8) is 0 Å². The van der Waals surface area contributed by atoms with Gasteiger partial charge in [-0.25, -0.2) is 0 Å². The molecule has 116 valence electrons. The number of likely N-dealkylation sites (N-methyl/N-ethyl adjacent to an activating group) is 1. The predicted molar refractivity (Wildman–Crippen MR) is 88.1 cm³/mol. The van der Waals surface area contributed by atoms with Crippen molar-refractivity contribution in [2.75, 3.05) is 26.7 Å².